The third-order valence-electron chi connectivity index (χ3n) is 3.56. The lowest BCUT2D eigenvalue weighted by Crippen LogP contribution is -2.34. The normalized spacial score (nSPS) is 10.1. The lowest BCUT2D eigenvalue weighted by Gasteiger charge is -2.23. The van der Waals surface area contributed by atoms with E-state index in [4.69, 9.17) is 4.74 Å². The maximum Gasteiger partial charge on any atom is 0.223 e. The summed E-state index contributed by atoms with van der Waals surface area (Å²) >= 11 is 0. The summed E-state index contributed by atoms with van der Waals surface area (Å²) in [6.07, 6.45) is 3.57. The average Bonchev–Trinajstić information content (AvgIpc) is 2.61. The van der Waals surface area contributed by atoms with Crippen molar-refractivity contribution in [3.63, 3.8) is 0 Å². The van der Waals surface area contributed by atoms with Gasteiger partial charge in [-0.3, -0.25) is 14.6 Å². The van der Waals surface area contributed by atoms with Gasteiger partial charge in [-0.05, 0) is 29.8 Å². The van der Waals surface area contributed by atoms with Crippen molar-refractivity contribution in [3.05, 3.63) is 54.4 Å². The number of amides is 2. The van der Waals surface area contributed by atoms with Crippen LogP contribution in [0, 0.1) is 0 Å². The number of pyridine rings is 1. The van der Waals surface area contributed by atoms with Crippen LogP contribution < -0.4 is 15.0 Å². The minimum atomic E-state index is -0.138. The SMILES string of the molecule is COc1ccccc1N(CCC(=O)NCc1ccncc1)C(C)=O. The van der Waals surface area contributed by atoms with Gasteiger partial charge in [0.25, 0.3) is 0 Å². The number of aromatic nitrogens is 1. The number of nitrogens with one attached hydrogen (secondary N) is 1. The highest BCUT2D eigenvalue weighted by Crippen LogP contribution is 2.27. The largest absolute Gasteiger partial charge is 0.495 e. The van der Waals surface area contributed by atoms with Crippen LogP contribution in [0.25, 0.3) is 0 Å². The Morgan fingerprint density at radius 2 is 1.88 bits per heavy atom. The Bertz CT molecular complexity index is 689. The van der Waals surface area contributed by atoms with Gasteiger partial charge in [0.15, 0.2) is 0 Å². The highest BCUT2D eigenvalue weighted by molar-refractivity contribution is 5.93. The Morgan fingerprint density at radius 3 is 2.54 bits per heavy atom. The number of benzene rings is 1. The van der Waals surface area contributed by atoms with Gasteiger partial charge in [0.2, 0.25) is 11.8 Å². The van der Waals surface area contributed by atoms with E-state index >= 15 is 0 Å². The molecule has 0 radical (unpaired) electrons. The maximum atomic E-state index is 12.0. The van der Waals surface area contributed by atoms with Crippen LogP contribution in [0.4, 0.5) is 5.69 Å². The summed E-state index contributed by atoms with van der Waals surface area (Å²) in [5.41, 5.74) is 1.64. The van der Waals surface area contributed by atoms with Crippen molar-refractivity contribution in [3.8, 4) is 5.75 Å². The second-order valence-corrected chi connectivity index (χ2v) is 5.22. The highest BCUT2D eigenvalue weighted by Gasteiger charge is 2.16. The lowest BCUT2D eigenvalue weighted by atomic mass is 10.2. The number of rotatable bonds is 7. The molecule has 1 heterocycles. The number of carbonyl (C=O) groups is 2. The molecule has 1 aromatic carbocycles. The lowest BCUT2D eigenvalue weighted by molar-refractivity contribution is -0.121. The fourth-order valence-electron chi connectivity index (χ4n) is 2.30. The van der Waals surface area contributed by atoms with E-state index in [0.717, 1.165) is 5.56 Å². The molecule has 6 heteroatoms. The Labute approximate surface area is 141 Å². The number of carbonyl (C=O) groups excluding carboxylic acids is 2. The number of hydrogen-bond acceptors (Lipinski definition) is 4. The average molecular weight is 327 g/mol. The van der Waals surface area contributed by atoms with Crippen molar-refractivity contribution in [2.45, 2.75) is 19.9 Å². The molecule has 0 fully saturated rings. The van der Waals surface area contributed by atoms with Gasteiger partial charge < -0.3 is 15.0 Å². The molecular weight excluding hydrogens is 306 g/mol. The van der Waals surface area contributed by atoms with Crippen LogP contribution in [0.15, 0.2) is 48.8 Å². The number of hydrogen-bond donors (Lipinski definition) is 1. The monoisotopic (exact) mass is 327 g/mol. The molecule has 0 saturated heterocycles. The molecule has 2 rings (SSSR count). The number of ether oxygens (including phenoxy) is 1. The first-order valence-corrected chi connectivity index (χ1v) is 7.68. The third-order valence-corrected chi connectivity index (χ3v) is 3.56. The van der Waals surface area contributed by atoms with E-state index in [9.17, 15) is 9.59 Å². The zero-order valence-corrected chi connectivity index (χ0v) is 13.9. The zero-order valence-electron chi connectivity index (χ0n) is 13.9. The van der Waals surface area contributed by atoms with Gasteiger partial charge in [-0.1, -0.05) is 12.1 Å². The smallest absolute Gasteiger partial charge is 0.223 e. The minimum Gasteiger partial charge on any atom is -0.495 e. The molecule has 0 spiro atoms. The number of nitrogens with zero attached hydrogens (tertiary/aromatic N) is 2. The zero-order chi connectivity index (χ0) is 17.4. The van der Waals surface area contributed by atoms with Crippen LogP contribution in [0.2, 0.25) is 0 Å². The van der Waals surface area contributed by atoms with Gasteiger partial charge in [0.05, 0.1) is 12.8 Å². The summed E-state index contributed by atoms with van der Waals surface area (Å²) in [5, 5.41) is 2.84. The van der Waals surface area contributed by atoms with Crippen LogP contribution >= 0.6 is 0 Å². The molecule has 0 atom stereocenters. The van der Waals surface area contributed by atoms with Crippen molar-refractivity contribution >= 4 is 17.5 Å². The van der Waals surface area contributed by atoms with Crippen molar-refractivity contribution in [1.82, 2.24) is 10.3 Å². The number of anilines is 1. The summed E-state index contributed by atoms with van der Waals surface area (Å²) in [7, 11) is 1.55. The molecule has 0 aliphatic rings. The van der Waals surface area contributed by atoms with E-state index in [1.54, 1.807) is 36.5 Å². The van der Waals surface area contributed by atoms with E-state index in [2.05, 4.69) is 10.3 Å². The molecule has 0 unspecified atom stereocenters. The van der Waals surface area contributed by atoms with E-state index in [1.165, 1.54) is 6.92 Å². The Kier molecular flexibility index (Phi) is 6.31. The second-order valence-electron chi connectivity index (χ2n) is 5.22. The molecule has 1 aromatic heterocycles. The van der Waals surface area contributed by atoms with E-state index in [1.807, 2.05) is 24.3 Å². The Hall–Kier alpha value is -2.89. The van der Waals surface area contributed by atoms with Gasteiger partial charge in [-0.2, -0.15) is 0 Å². The molecule has 126 valence electrons. The molecule has 24 heavy (non-hydrogen) atoms. The summed E-state index contributed by atoms with van der Waals surface area (Å²) in [6.45, 7) is 2.20. The maximum absolute atomic E-state index is 12.0. The van der Waals surface area contributed by atoms with Crippen molar-refractivity contribution in [1.29, 1.82) is 0 Å². The van der Waals surface area contributed by atoms with E-state index in [0.29, 0.717) is 18.0 Å². The summed E-state index contributed by atoms with van der Waals surface area (Å²) in [4.78, 5) is 29.4. The summed E-state index contributed by atoms with van der Waals surface area (Å²) in [5.74, 6) is 0.347. The molecule has 1 N–H and O–H groups in total. The Morgan fingerprint density at radius 1 is 1.17 bits per heavy atom. The fraction of sp³-hybridized carbons (Fsp3) is 0.278. The van der Waals surface area contributed by atoms with Crippen LogP contribution in [0.3, 0.4) is 0 Å². The first kappa shape index (κ1) is 17.5. The third kappa shape index (κ3) is 4.81. The molecule has 0 bridgehead atoms. The molecule has 2 amide bonds. The molecule has 6 nitrogen and oxygen atoms in total. The topological polar surface area (TPSA) is 71.5 Å². The van der Waals surface area contributed by atoms with Gasteiger partial charge in [0, 0.05) is 38.8 Å². The molecule has 2 aromatic rings. The van der Waals surface area contributed by atoms with Crippen molar-refractivity contribution < 1.29 is 14.3 Å². The van der Waals surface area contributed by atoms with Crippen LogP contribution in [0.1, 0.15) is 18.9 Å². The van der Waals surface area contributed by atoms with Crippen LogP contribution in [-0.2, 0) is 16.1 Å². The Balaban J connectivity index is 1.94. The van der Waals surface area contributed by atoms with E-state index in [-0.39, 0.29) is 24.8 Å². The van der Waals surface area contributed by atoms with Crippen molar-refractivity contribution in [2.75, 3.05) is 18.6 Å². The van der Waals surface area contributed by atoms with Crippen LogP contribution in [0.5, 0.6) is 5.75 Å². The summed E-state index contributed by atoms with van der Waals surface area (Å²) in [6, 6.07) is 10.9. The predicted octanol–water partition coefficient (Wildman–Crippen LogP) is 2.15. The highest BCUT2D eigenvalue weighted by atomic mass is 16.5. The van der Waals surface area contributed by atoms with Gasteiger partial charge in [0.1, 0.15) is 5.75 Å². The van der Waals surface area contributed by atoms with Crippen molar-refractivity contribution in [2.24, 2.45) is 0 Å². The fourth-order valence-corrected chi connectivity index (χ4v) is 2.30. The summed E-state index contributed by atoms with van der Waals surface area (Å²) < 4.78 is 5.29. The van der Waals surface area contributed by atoms with Crippen LogP contribution in [-0.4, -0.2) is 30.5 Å². The minimum absolute atomic E-state index is 0.118. The number of para-hydroxylation sites is 2. The van der Waals surface area contributed by atoms with Gasteiger partial charge in [-0.25, -0.2) is 0 Å². The first-order chi connectivity index (χ1) is 11.6. The van der Waals surface area contributed by atoms with E-state index < -0.39 is 0 Å². The molecule has 0 aliphatic carbocycles. The molecular formula is C18H21N3O3. The molecule has 0 saturated carbocycles. The number of methoxy groups -OCH3 is 1. The molecule has 0 aliphatic heterocycles. The second kappa shape index (κ2) is 8.67. The predicted molar refractivity (Wildman–Crippen MR) is 91.7 cm³/mol. The first-order valence-electron chi connectivity index (χ1n) is 7.68. The van der Waals surface area contributed by atoms with Gasteiger partial charge in [-0.15, -0.1) is 0 Å². The van der Waals surface area contributed by atoms with Gasteiger partial charge >= 0.3 is 0 Å². The quantitative estimate of drug-likeness (QED) is 0.846. The standard InChI is InChI=1S/C18H21N3O3/c1-14(22)21(16-5-3-4-6-17(16)24-2)12-9-18(23)20-13-15-7-10-19-11-8-15/h3-8,10-11H,9,12-13H2,1-2H3,(H,20,23).